The van der Waals surface area contributed by atoms with Gasteiger partial charge in [-0.05, 0) is 95.8 Å². The summed E-state index contributed by atoms with van der Waals surface area (Å²) in [6.45, 7) is 9.25. The average molecular weight is 461 g/mol. The Morgan fingerprint density at radius 3 is 2.50 bits per heavy atom. The fourth-order valence-electron chi connectivity index (χ4n) is 4.68. The Labute approximate surface area is 193 Å². The zero-order chi connectivity index (χ0) is 23.1. The highest BCUT2D eigenvalue weighted by atomic mass is 35.5. The van der Waals surface area contributed by atoms with Crippen molar-refractivity contribution >= 4 is 23.5 Å². The van der Waals surface area contributed by atoms with Gasteiger partial charge in [-0.2, -0.15) is 4.98 Å². The monoisotopic (exact) mass is 460 g/mol. The van der Waals surface area contributed by atoms with Gasteiger partial charge in [0.15, 0.2) is 0 Å². The number of aromatic nitrogens is 2. The molecule has 32 heavy (non-hydrogen) atoms. The van der Waals surface area contributed by atoms with Crippen molar-refractivity contribution < 1.29 is 13.9 Å². The Hall–Kier alpha value is -2.25. The number of fused-ring (bicyclic) bond motifs is 1. The number of amides is 1. The second-order valence-corrected chi connectivity index (χ2v) is 10.2. The summed E-state index contributed by atoms with van der Waals surface area (Å²) < 4.78 is 19.3. The quantitative estimate of drug-likeness (QED) is 0.635. The summed E-state index contributed by atoms with van der Waals surface area (Å²) in [5.41, 5.74) is 1.58. The number of carbonyl (C=O) groups is 1. The van der Waals surface area contributed by atoms with Gasteiger partial charge in [0.1, 0.15) is 17.2 Å². The van der Waals surface area contributed by atoms with E-state index >= 15 is 0 Å². The molecule has 2 aromatic rings. The molecular weight excluding hydrogens is 431 g/mol. The zero-order valence-electron chi connectivity index (χ0n) is 19.0. The highest BCUT2D eigenvalue weighted by Crippen LogP contribution is 2.43. The Kier molecular flexibility index (Phi) is 6.16. The Bertz CT molecular complexity index is 1000. The van der Waals surface area contributed by atoms with Gasteiger partial charge in [0.2, 0.25) is 5.28 Å². The highest BCUT2D eigenvalue weighted by molar-refractivity contribution is 6.28. The van der Waals surface area contributed by atoms with Crippen LogP contribution in [0.3, 0.4) is 0 Å². The standard InChI is InChI=1S/C24H30ClFN4O2/c1-23(2,3)32-22(31)30(24(4)11-13-27-14-12-24)20-18-10-9-17(19(18)28-21(25)29-20)15-5-7-16(26)8-6-15/h5-8,17,27H,9-14H2,1-4H3. The van der Waals surface area contributed by atoms with Crippen molar-refractivity contribution in [2.75, 3.05) is 18.0 Å². The van der Waals surface area contributed by atoms with Crippen LogP contribution >= 0.6 is 11.6 Å². The molecule has 0 radical (unpaired) electrons. The SMILES string of the molecule is CC(C)(C)OC(=O)N(c1nc(Cl)nc2c1CCC2c1ccc(F)cc1)C1(C)CCNCC1. The maximum atomic E-state index is 13.5. The molecule has 1 unspecified atom stereocenters. The van der Waals surface area contributed by atoms with Gasteiger partial charge in [0.05, 0.1) is 11.2 Å². The molecule has 0 saturated carbocycles. The number of hydrogen-bond acceptors (Lipinski definition) is 5. The van der Waals surface area contributed by atoms with Crippen LogP contribution in [0.1, 0.15) is 69.7 Å². The van der Waals surface area contributed by atoms with Gasteiger partial charge in [0.25, 0.3) is 0 Å². The number of carbonyl (C=O) groups excluding carboxylic acids is 1. The first-order valence-electron chi connectivity index (χ1n) is 11.1. The molecule has 1 aromatic heterocycles. The maximum Gasteiger partial charge on any atom is 0.416 e. The molecule has 1 saturated heterocycles. The van der Waals surface area contributed by atoms with Crippen LogP contribution in [0.5, 0.6) is 0 Å². The van der Waals surface area contributed by atoms with Crippen molar-refractivity contribution in [1.82, 2.24) is 15.3 Å². The molecule has 8 heteroatoms. The Morgan fingerprint density at radius 1 is 1.22 bits per heavy atom. The molecule has 172 valence electrons. The smallest absolute Gasteiger partial charge is 0.416 e. The summed E-state index contributed by atoms with van der Waals surface area (Å²) in [5, 5.41) is 3.46. The maximum absolute atomic E-state index is 13.5. The van der Waals surface area contributed by atoms with Crippen molar-refractivity contribution in [3.05, 3.63) is 52.2 Å². The third kappa shape index (κ3) is 4.59. The van der Waals surface area contributed by atoms with E-state index in [0.717, 1.165) is 49.2 Å². The Morgan fingerprint density at radius 2 is 1.88 bits per heavy atom. The lowest BCUT2D eigenvalue weighted by Crippen LogP contribution is -2.57. The van der Waals surface area contributed by atoms with Crippen LogP contribution < -0.4 is 10.2 Å². The number of nitrogens with one attached hydrogen (secondary N) is 1. The molecule has 0 spiro atoms. The van der Waals surface area contributed by atoms with Gasteiger partial charge in [0, 0.05) is 11.5 Å². The molecule has 0 bridgehead atoms. The van der Waals surface area contributed by atoms with Crippen LogP contribution in [0.4, 0.5) is 15.0 Å². The summed E-state index contributed by atoms with van der Waals surface area (Å²) in [6.07, 6.45) is 2.61. The zero-order valence-corrected chi connectivity index (χ0v) is 19.8. The fourth-order valence-corrected chi connectivity index (χ4v) is 4.85. The van der Waals surface area contributed by atoms with Crippen LogP contribution in [-0.4, -0.2) is 40.3 Å². The lowest BCUT2D eigenvalue weighted by atomic mass is 9.88. The van der Waals surface area contributed by atoms with Crippen molar-refractivity contribution in [2.45, 2.75) is 70.4 Å². The summed E-state index contributed by atoms with van der Waals surface area (Å²) >= 11 is 6.40. The van der Waals surface area contributed by atoms with Gasteiger partial charge in [-0.15, -0.1) is 0 Å². The number of rotatable bonds is 3. The molecule has 4 rings (SSSR count). The number of benzene rings is 1. The van der Waals surface area contributed by atoms with Gasteiger partial charge < -0.3 is 10.1 Å². The van der Waals surface area contributed by atoms with E-state index in [1.165, 1.54) is 12.1 Å². The van der Waals surface area contributed by atoms with Gasteiger partial charge >= 0.3 is 6.09 Å². The van der Waals surface area contributed by atoms with E-state index in [-0.39, 0.29) is 17.0 Å². The molecule has 1 aromatic carbocycles. The van der Waals surface area contributed by atoms with Crippen LogP contribution in [-0.2, 0) is 11.2 Å². The van der Waals surface area contributed by atoms with Gasteiger partial charge in [-0.25, -0.2) is 14.2 Å². The summed E-state index contributed by atoms with van der Waals surface area (Å²) in [7, 11) is 0. The minimum Gasteiger partial charge on any atom is -0.443 e. The van der Waals surface area contributed by atoms with Crippen molar-refractivity contribution in [1.29, 1.82) is 0 Å². The van der Waals surface area contributed by atoms with E-state index < -0.39 is 17.2 Å². The topological polar surface area (TPSA) is 67.3 Å². The van der Waals surface area contributed by atoms with Crippen molar-refractivity contribution in [2.24, 2.45) is 0 Å². The van der Waals surface area contributed by atoms with E-state index in [4.69, 9.17) is 16.3 Å². The first kappa shape index (κ1) is 22.9. The molecule has 1 fully saturated rings. The second-order valence-electron chi connectivity index (χ2n) is 9.89. The van der Waals surface area contributed by atoms with E-state index in [1.54, 1.807) is 17.0 Å². The molecule has 1 amide bonds. The number of ether oxygens (including phenoxy) is 1. The van der Waals surface area contributed by atoms with Gasteiger partial charge in [-0.3, -0.25) is 4.90 Å². The van der Waals surface area contributed by atoms with E-state index in [2.05, 4.69) is 22.2 Å². The predicted molar refractivity (Wildman–Crippen MR) is 123 cm³/mol. The van der Waals surface area contributed by atoms with Crippen LogP contribution in [0.2, 0.25) is 5.28 Å². The highest BCUT2D eigenvalue weighted by Gasteiger charge is 2.43. The number of piperidine rings is 1. The number of hydrogen-bond donors (Lipinski definition) is 1. The van der Waals surface area contributed by atoms with E-state index in [9.17, 15) is 9.18 Å². The number of nitrogens with zero attached hydrogens (tertiary/aromatic N) is 3. The molecule has 2 aliphatic rings. The second kappa shape index (κ2) is 8.60. The minimum absolute atomic E-state index is 0.0221. The van der Waals surface area contributed by atoms with Crippen molar-refractivity contribution in [3.8, 4) is 0 Å². The largest absolute Gasteiger partial charge is 0.443 e. The molecule has 1 N–H and O–H groups in total. The summed E-state index contributed by atoms with van der Waals surface area (Å²) in [6, 6.07) is 6.48. The van der Waals surface area contributed by atoms with Crippen LogP contribution in [0, 0.1) is 5.82 Å². The lowest BCUT2D eigenvalue weighted by Gasteiger charge is -2.44. The first-order valence-corrected chi connectivity index (χ1v) is 11.5. The number of halogens is 2. The third-order valence-corrected chi connectivity index (χ3v) is 6.45. The number of anilines is 1. The third-order valence-electron chi connectivity index (χ3n) is 6.28. The van der Waals surface area contributed by atoms with Crippen LogP contribution in [0.15, 0.2) is 24.3 Å². The molecular formula is C24H30ClFN4O2. The summed E-state index contributed by atoms with van der Waals surface area (Å²) in [5.74, 6) is 0.234. The minimum atomic E-state index is -0.644. The van der Waals surface area contributed by atoms with Crippen molar-refractivity contribution in [3.63, 3.8) is 0 Å². The van der Waals surface area contributed by atoms with E-state index in [0.29, 0.717) is 12.2 Å². The van der Waals surface area contributed by atoms with E-state index in [1.807, 2.05) is 20.8 Å². The molecule has 1 aliphatic heterocycles. The summed E-state index contributed by atoms with van der Waals surface area (Å²) in [4.78, 5) is 24.3. The molecule has 6 nitrogen and oxygen atoms in total. The molecule has 1 atom stereocenters. The van der Waals surface area contributed by atoms with Crippen LogP contribution in [0.25, 0.3) is 0 Å². The molecule has 2 heterocycles. The fraction of sp³-hybridized carbons (Fsp3) is 0.542. The predicted octanol–water partition coefficient (Wildman–Crippen LogP) is 5.23. The first-order chi connectivity index (χ1) is 15.1. The average Bonchev–Trinajstić information content (AvgIpc) is 3.11. The Balaban J connectivity index is 1.81. The molecule has 1 aliphatic carbocycles. The normalized spacial score (nSPS) is 20.0. The lowest BCUT2D eigenvalue weighted by molar-refractivity contribution is 0.0525. The van der Waals surface area contributed by atoms with Gasteiger partial charge in [-0.1, -0.05) is 12.1 Å².